The van der Waals surface area contributed by atoms with Gasteiger partial charge in [-0.2, -0.15) is 11.8 Å². The first-order valence-electron chi connectivity index (χ1n) is 6.87. The predicted molar refractivity (Wildman–Crippen MR) is 82.3 cm³/mol. The van der Waals surface area contributed by atoms with E-state index in [9.17, 15) is 13.2 Å². The number of thioether (sulfide) groups is 1. The van der Waals surface area contributed by atoms with Crippen LogP contribution in [0, 0.1) is 0 Å². The van der Waals surface area contributed by atoms with Crippen molar-refractivity contribution in [2.75, 3.05) is 5.75 Å². The van der Waals surface area contributed by atoms with Gasteiger partial charge in [0.05, 0.1) is 0 Å². The Kier molecular flexibility index (Phi) is 5.00. The normalized spacial score (nSPS) is 22.6. The zero-order valence-corrected chi connectivity index (χ0v) is 13.7. The van der Waals surface area contributed by atoms with E-state index in [4.69, 9.17) is 5.11 Å². The lowest BCUT2D eigenvalue weighted by Crippen LogP contribution is -2.33. The molecule has 0 radical (unpaired) electrons. The Balaban J connectivity index is 2.09. The van der Waals surface area contributed by atoms with E-state index in [1.807, 2.05) is 11.8 Å². The molecule has 0 saturated heterocycles. The van der Waals surface area contributed by atoms with Crippen molar-refractivity contribution < 1.29 is 18.3 Å². The molecule has 8 heteroatoms. The Bertz CT molecular complexity index is 624. The molecule has 2 unspecified atom stereocenters. The van der Waals surface area contributed by atoms with Gasteiger partial charge in [-0.1, -0.05) is 6.92 Å². The van der Waals surface area contributed by atoms with Gasteiger partial charge in [0, 0.05) is 24.5 Å². The second-order valence-electron chi connectivity index (χ2n) is 5.19. The smallest absolute Gasteiger partial charge is 0.352 e. The number of rotatable bonds is 6. The summed E-state index contributed by atoms with van der Waals surface area (Å²) in [5, 5.41) is 9.49. The first kappa shape index (κ1) is 16.4. The molecule has 2 atom stereocenters. The van der Waals surface area contributed by atoms with Crippen molar-refractivity contribution >= 4 is 27.8 Å². The number of aromatic nitrogens is 1. The molecule has 2 rings (SSSR count). The highest BCUT2D eigenvalue weighted by atomic mass is 32.2. The van der Waals surface area contributed by atoms with Crippen LogP contribution in [-0.4, -0.2) is 41.1 Å². The fraction of sp³-hybridized carbons (Fsp3) is 0.615. The number of carbonyl (C=O) groups is 1. The van der Waals surface area contributed by atoms with Crippen LogP contribution in [-0.2, 0) is 17.1 Å². The summed E-state index contributed by atoms with van der Waals surface area (Å²) in [7, 11) is -2.14. The van der Waals surface area contributed by atoms with E-state index in [1.54, 1.807) is 0 Å². The van der Waals surface area contributed by atoms with Gasteiger partial charge in [-0.3, -0.25) is 0 Å². The van der Waals surface area contributed by atoms with Crippen molar-refractivity contribution in [2.24, 2.45) is 7.05 Å². The summed E-state index contributed by atoms with van der Waals surface area (Å²) in [6.45, 7) is 2.10. The van der Waals surface area contributed by atoms with E-state index in [-0.39, 0.29) is 16.6 Å². The number of hydrogen-bond donors (Lipinski definition) is 2. The number of nitrogens with one attached hydrogen (secondary N) is 1. The molecule has 0 spiro atoms. The topological polar surface area (TPSA) is 88.4 Å². The third-order valence-electron chi connectivity index (χ3n) is 3.62. The number of nitrogens with zero attached hydrogens (tertiary/aromatic N) is 1. The zero-order valence-electron chi connectivity index (χ0n) is 12.1. The monoisotopic (exact) mass is 332 g/mol. The summed E-state index contributed by atoms with van der Waals surface area (Å²) in [4.78, 5) is 11.0. The summed E-state index contributed by atoms with van der Waals surface area (Å²) >= 11 is 1.86. The molecule has 118 valence electrons. The average molecular weight is 332 g/mol. The summed E-state index contributed by atoms with van der Waals surface area (Å²) in [6, 6.07) is 1.13. The lowest BCUT2D eigenvalue weighted by Gasteiger charge is -2.12. The summed E-state index contributed by atoms with van der Waals surface area (Å²) in [5.41, 5.74) is -0.0405. The Morgan fingerprint density at radius 2 is 2.24 bits per heavy atom. The van der Waals surface area contributed by atoms with Gasteiger partial charge in [0.15, 0.2) is 0 Å². The van der Waals surface area contributed by atoms with Crippen molar-refractivity contribution in [3.05, 3.63) is 18.0 Å². The van der Waals surface area contributed by atoms with Gasteiger partial charge in [-0.15, -0.1) is 0 Å². The quantitative estimate of drug-likeness (QED) is 0.827. The minimum atomic E-state index is -3.66. The lowest BCUT2D eigenvalue weighted by atomic mass is 10.3. The molecule has 0 bridgehead atoms. The average Bonchev–Trinajstić information content (AvgIpc) is 2.96. The van der Waals surface area contributed by atoms with Crippen LogP contribution in [0.2, 0.25) is 0 Å². The van der Waals surface area contributed by atoms with Gasteiger partial charge in [-0.05, 0) is 31.1 Å². The lowest BCUT2D eigenvalue weighted by molar-refractivity contribution is 0.0686. The van der Waals surface area contributed by atoms with Crippen LogP contribution < -0.4 is 4.72 Å². The van der Waals surface area contributed by atoms with E-state index in [0.717, 1.165) is 25.0 Å². The number of aromatic carboxylic acids is 1. The standard InChI is InChI=1S/C13H20N2O4S2/c1-3-20-10-5-4-9(6-10)14-21(18,19)11-7-12(13(16)17)15(2)8-11/h7-10,14H,3-6H2,1-2H3,(H,16,17). The Morgan fingerprint density at radius 1 is 1.52 bits per heavy atom. The van der Waals surface area contributed by atoms with Gasteiger partial charge in [0.2, 0.25) is 10.0 Å². The molecule has 0 aromatic carbocycles. The molecule has 1 heterocycles. The minimum absolute atomic E-state index is 0.00833. The zero-order chi connectivity index (χ0) is 15.6. The van der Waals surface area contributed by atoms with Crippen LogP contribution in [0.15, 0.2) is 17.2 Å². The van der Waals surface area contributed by atoms with E-state index in [0.29, 0.717) is 5.25 Å². The van der Waals surface area contributed by atoms with Crippen LogP contribution in [0.5, 0.6) is 0 Å². The molecule has 1 aromatic heterocycles. The van der Waals surface area contributed by atoms with E-state index in [1.165, 1.54) is 23.9 Å². The molecular formula is C13H20N2O4S2. The molecule has 0 amide bonds. The van der Waals surface area contributed by atoms with Gasteiger partial charge in [0.1, 0.15) is 10.6 Å². The van der Waals surface area contributed by atoms with Crippen molar-refractivity contribution in [3.63, 3.8) is 0 Å². The SMILES string of the molecule is CCSC1CCC(NS(=O)(=O)c2cc(C(=O)O)n(C)c2)C1. The molecule has 6 nitrogen and oxygen atoms in total. The molecule has 2 N–H and O–H groups in total. The van der Waals surface area contributed by atoms with E-state index < -0.39 is 16.0 Å². The fourth-order valence-electron chi connectivity index (χ4n) is 2.62. The largest absolute Gasteiger partial charge is 0.477 e. The number of carboxylic acids is 1. The maximum Gasteiger partial charge on any atom is 0.352 e. The fourth-order valence-corrected chi connectivity index (χ4v) is 5.11. The van der Waals surface area contributed by atoms with Crippen LogP contribution in [0.25, 0.3) is 0 Å². The third kappa shape index (κ3) is 3.81. The molecule has 21 heavy (non-hydrogen) atoms. The van der Waals surface area contributed by atoms with Crippen molar-refractivity contribution in [3.8, 4) is 0 Å². The Morgan fingerprint density at radius 3 is 2.81 bits per heavy atom. The Hall–Kier alpha value is -0.990. The predicted octanol–water partition coefficient (Wildman–Crippen LogP) is 1.68. The van der Waals surface area contributed by atoms with Crippen molar-refractivity contribution in [1.29, 1.82) is 0 Å². The van der Waals surface area contributed by atoms with Crippen LogP contribution in [0.1, 0.15) is 36.7 Å². The maximum absolute atomic E-state index is 12.3. The second kappa shape index (κ2) is 6.41. The summed E-state index contributed by atoms with van der Waals surface area (Å²) in [6.07, 6.45) is 4.01. The highest BCUT2D eigenvalue weighted by molar-refractivity contribution is 7.99. The third-order valence-corrected chi connectivity index (χ3v) is 6.34. The highest BCUT2D eigenvalue weighted by Gasteiger charge is 2.29. The van der Waals surface area contributed by atoms with Gasteiger partial charge >= 0.3 is 5.97 Å². The molecule has 1 aliphatic rings. The summed E-state index contributed by atoms with van der Waals surface area (Å²) < 4.78 is 28.6. The van der Waals surface area contributed by atoms with Crippen LogP contribution >= 0.6 is 11.8 Å². The number of aryl methyl sites for hydroxylation is 1. The summed E-state index contributed by atoms with van der Waals surface area (Å²) in [5.74, 6) is -0.107. The second-order valence-corrected chi connectivity index (χ2v) is 8.48. The molecule has 1 aliphatic carbocycles. The van der Waals surface area contributed by atoms with Crippen LogP contribution in [0.3, 0.4) is 0 Å². The van der Waals surface area contributed by atoms with E-state index in [2.05, 4.69) is 11.6 Å². The van der Waals surface area contributed by atoms with Gasteiger partial charge < -0.3 is 9.67 Å². The van der Waals surface area contributed by atoms with Crippen molar-refractivity contribution in [2.45, 2.75) is 42.4 Å². The number of carboxylic acid groups (broad SMARTS) is 1. The highest BCUT2D eigenvalue weighted by Crippen LogP contribution is 2.30. The first-order chi connectivity index (χ1) is 9.83. The number of sulfonamides is 1. The number of hydrogen-bond acceptors (Lipinski definition) is 4. The Labute approximate surface area is 129 Å². The van der Waals surface area contributed by atoms with Crippen LogP contribution in [0.4, 0.5) is 0 Å². The first-order valence-corrected chi connectivity index (χ1v) is 9.40. The van der Waals surface area contributed by atoms with Gasteiger partial charge in [-0.25, -0.2) is 17.9 Å². The molecule has 0 aliphatic heterocycles. The van der Waals surface area contributed by atoms with Gasteiger partial charge in [0.25, 0.3) is 0 Å². The molecular weight excluding hydrogens is 312 g/mol. The maximum atomic E-state index is 12.3. The molecule has 1 saturated carbocycles. The molecule has 1 aromatic rings. The minimum Gasteiger partial charge on any atom is -0.477 e. The van der Waals surface area contributed by atoms with E-state index >= 15 is 0 Å². The van der Waals surface area contributed by atoms with Crippen molar-refractivity contribution in [1.82, 2.24) is 9.29 Å². The molecule has 1 fully saturated rings.